The number of thiazole rings is 1. The van der Waals surface area contributed by atoms with Crippen LogP contribution in [0, 0.1) is 6.92 Å². The molecule has 0 fully saturated rings. The van der Waals surface area contributed by atoms with E-state index in [9.17, 15) is 0 Å². The third kappa shape index (κ3) is 3.99. The molecule has 22 heavy (non-hydrogen) atoms. The molecule has 0 N–H and O–H groups in total. The van der Waals surface area contributed by atoms with Gasteiger partial charge in [-0.05, 0) is 43.7 Å². The second-order valence-electron chi connectivity index (χ2n) is 5.39. The lowest BCUT2D eigenvalue weighted by Crippen LogP contribution is -2.18. The van der Waals surface area contributed by atoms with Gasteiger partial charge in [0.2, 0.25) is 0 Å². The number of ether oxygens (including phenoxy) is 2. The molecule has 2 rings (SSSR count). The lowest BCUT2D eigenvalue weighted by Gasteiger charge is -2.18. The number of aryl methyl sites for hydroxylation is 2. The van der Waals surface area contributed by atoms with Gasteiger partial charge in [-0.1, -0.05) is 6.92 Å². The number of benzene rings is 1. The van der Waals surface area contributed by atoms with Crippen molar-refractivity contribution in [2.45, 2.75) is 33.4 Å². The molecule has 0 radical (unpaired) electrons. The predicted octanol–water partition coefficient (Wildman–Crippen LogP) is 3.66. The molecule has 5 heteroatoms. The highest BCUT2D eigenvalue weighted by Crippen LogP contribution is 2.30. The van der Waals surface area contributed by atoms with Crippen molar-refractivity contribution in [1.29, 1.82) is 0 Å². The topological polar surface area (TPSA) is 34.6 Å². The lowest BCUT2D eigenvalue weighted by atomic mass is 10.1. The van der Waals surface area contributed by atoms with Crippen molar-refractivity contribution < 1.29 is 9.47 Å². The van der Waals surface area contributed by atoms with Gasteiger partial charge in [0, 0.05) is 18.5 Å². The summed E-state index contributed by atoms with van der Waals surface area (Å²) in [7, 11) is 5.44. The van der Waals surface area contributed by atoms with E-state index in [1.807, 2.05) is 6.07 Å². The van der Waals surface area contributed by atoms with Crippen LogP contribution in [0.1, 0.15) is 28.8 Å². The lowest BCUT2D eigenvalue weighted by molar-refractivity contribution is 0.312. The molecule has 0 aliphatic rings. The summed E-state index contributed by atoms with van der Waals surface area (Å²) in [6.07, 6.45) is 1.00. The summed E-state index contributed by atoms with van der Waals surface area (Å²) < 4.78 is 10.7. The van der Waals surface area contributed by atoms with E-state index in [1.54, 1.807) is 25.6 Å². The second-order valence-corrected chi connectivity index (χ2v) is 6.33. The van der Waals surface area contributed by atoms with E-state index < -0.39 is 0 Å². The zero-order valence-corrected chi connectivity index (χ0v) is 14.8. The first-order valence-corrected chi connectivity index (χ1v) is 8.28. The van der Waals surface area contributed by atoms with Gasteiger partial charge in [-0.25, -0.2) is 4.98 Å². The molecule has 0 unspecified atom stereocenters. The summed E-state index contributed by atoms with van der Waals surface area (Å²) in [5.74, 6) is 1.55. The van der Waals surface area contributed by atoms with E-state index in [2.05, 4.69) is 42.2 Å². The van der Waals surface area contributed by atoms with Crippen molar-refractivity contribution in [2.75, 3.05) is 21.3 Å². The van der Waals surface area contributed by atoms with Gasteiger partial charge in [-0.15, -0.1) is 11.3 Å². The van der Waals surface area contributed by atoms with Crippen LogP contribution < -0.4 is 9.47 Å². The maximum atomic E-state index is 5.40. The molecule has 0 saturated heterocycles. The van der Waals surface area contributed by atoms with Gasteiger partial charge in [-0.3, -0.25) is 4.90 Å². The highest BCUT2D eigenvalue weighted by Gasteiger charge is 2.11. The van der Waals surface area contributed by atoms with Gasteiger partial charge in [0.1, 0.15) is 0 Å². The first-order chi connectivity index (χ1) is 10.6. The van der Waals surface area contributed by atoms with Crippen LogP contribution in [-0.4, -0.2) is 31.2 Å². The minimum Gasteiger partial charge on any atom is -0.493 e. The highest BCUT2D eigenvalue weighted by atomic mass is 32.1. The largest absolute Gasteiger partial charge is 0.493 e. The molecular formula is C17H24N2O2S. The van der Waals surface area contributed by atoms with Crippen LogP contribution in [0.5, 0.6) is 11.5 Å². The van der Waals surface area contributed by atoms with Gasteiger partial charge in [0.25, 0.3) is 0 Å². The standard InChI is InChI=1S/C17H24N2O2S/c1-6-17-18-14(11-22-17)10-19(3)9-13-8-16(21-5)15(20-4)7-12(13)2/h7-8,11H,6,9-10H2,1-5H3. The molecule has 0 bridgehead atoms. The van der Waals surface area contributed by atoms with E-state index in [0.29, 0.717) is 0 Å². The molecule has 1 heterocycles. The molecule has 0 aliphatic carbocycles. The minimum atomic E-state index is 0.776. The first-order valence-electron chi connectivity index (χ1n) is 7.40. The van der Waals surface area contributed by atoms with Gasteiger partial charge < -0.3 is 9.47 Å². The van der Waals surface area contributed by atoms with E-state index >= 15 is 0 Å². The Kier molecular flexibility index (Phi) is 5.80. The van der Waals surface area contributed by atoms with Crippen molar-refractivity contribution in [3.05, 3.63) is 39.3 Å². The van der Waals surface area contributed by atoms with Crippen LogP contribution in [0.25, 0.3) is 0 Å². The van der Waals surface area contributed by atoms with Crippen LogP contribution in [0.3, 0.4) is 0 Å². The molecule has 4 nitrogen and oxygen atoms in total. The average Bonchev–Trinajstić information content (AvgIpc) is 2.96. The first kappa shape index (κ1) is 16.8. The Labute approximate surface area is 136 Å². The highest BCUT2D eigenvalue weighted by molar-refractivity contribution is 7.09. The van der Waals surface area contributed by atoms with Gasteiger partial charge >= 0.3 is 0 Å². The monoisotopic (exact) mass is 320 g/mol. The number of rotatable bonds is 7. The zero-order valence-electron chi connectivity index (χ0n) is 14.0. The molecule has 120 valence electrons. The zero-order chi connectivity index (χ0) is 16.1. The van der Waals surface area contributed by atoms with Crippen molar-refractivity contribution in [3.8, 4) is 11.5 Å². The van der Waals surface area contributed by atoms with E-state index in [1.165, 1.54) is 16.1 Å². The molecule has 0 spiro atoms. The fourth-order valence-corrected chi connectivity index (χ4v) is 3.14. The summed E-state index contributed by atoms with van der Waals surface area (Å²) in [4.78, 5) is 6.89. The minimum absolute atomic E-state index is 0.776. The summed E-state index contributed by atoms with van der Waals surface area (Å²) in [5, 5.41) is 3.35. The van der Waals surface area contributed by atoms with E-state index in [0.717, 1.165) is 36.7 Å². The van der Waals surface area contributed by atoms with Gasteiger partial charge in [0.05, 0.1) is 24.9 Å². The molecule has 1 aromatic carbocycles. The summed E-state index contributed by atoms with van der Waals surface area (Å²) in [5.41, 5.74) is 3.59. The van der Waals surface area contributed by atoms with Crippen LogP contribution in [0.15, 0.2) is 17.5 Å². The third-order valence-electron chi connectivity index (χ3n) is 3.62. The molecule has 1 aromatic heterocycles. The fourth-order valence-electron chi connectivity index (χ4n) is 2.40. The van der Waals surface area contributed by atoms with Crippen LogP contribution in [0.4, 0.5) is 0 Å². The van der Waals surface area contributed by atoms with Crippen LogP contribution >= 0.6 is 11.3 Å². The fraction of sp³-hybridized carbons (Fsp3) is 0.471. The molecule has 0 saturated carbocycles. The second kappa shape index (κ2) is 7.61. The predicted molar refractivity (Wildman–Crippen MR) is 90.9 cm³/mol. The number of methoxy groups -OCH3 is 2. The number of nitrogens with zero attached hydrogens (tertiary/aromatic N) is 2. The Morgan fingerprint density at radius 3 is 2.41 bits per heavy atom. The van der Waals surface area contributed by atoms with E-state index in [4.69, 9.17) is 9.47 Å². The number of hydrogen-bond acceptors (Lipinski definition) is 5. The summed E-state index contributed by atoms with van der Waals surface area (Å²) in [6, 6.07) is 4.09. The van der Waals surface area contributed by atoms with Crippen molar-refractivity contribution >= 4 is 11.3 Å². The normalized spacial score (nSPS) is 11.0. The van der Waals surface area contributed by atoms with Crippen LogP contribution in [0.2, 0.25) is 0 Å². The number of aromatic nitrogens is 1. The Morgan fingerprint density at radius 1 is 1.14 bits per heavy atom. The van der Waals surface area contributed by atoms with Crippen LogP contribution in [-0.2, 0) is 19.5 Å². The SMILES string of the molecule is CCc1nc(CN(C)Cc2cc(OC)c(OC)cc2C)cs1. The summed E-state index contributed by atoms with van der Waals surface area (Å²) >= 11 is 1.74. The Balaban J connectivity index is 2.08. The molecule has 0 atom stereocenters. The Morgan fingerprint density at radius 2 is 1.82 bits per heavy atom. The van der Waals surface area contributed by atoms with Crippen molar-refractivity contribution in [3.63, 3.8) is 0 Å². The number of hydrogen-bond donors (Lipinski definition) is 0. The van der Waals surface area contributed by atoms with Gasteiger partial charge in [0.15, 0.2) is 11.5 Å². The molecular weight excluding hydrogens is 296 g/mol. The quantitative estimate of drug-likeness (QED) is 0.780. The maximum Gasteiger partial charge on any atom is 0.161 e. The van der Waals surface area contributed by atoms with Crippen molar-refractivity contribution in [1.82, 2.24) is 9.88 Å². The summed E-state index contributed by atoms with van der Waals surface area (Å²) in [6.45, 7) is 5.94. The van der Waals surface area contributed by atoms with Crippen molar-refractivity contribution in [2.24, 2.45) is 0 Å². The Hall–Kier alpha value is -1.59. The Bertz CT molecular complexity index is 625. The molecule has 0 aliphatic heterocycles. The third-order valence-corrected chi connectivity index (χ3v) is 4.66. The average molecular weight is 320 g/mol. The smallest absolute Gasteiger partial charge is 0.161 e. The van der Waals surface area contributed by atoms with E-state index in [-0.39, 0.29) is 0 Å². The van der Waals surface area contributed by atoms with Gasteiger partial charge in [-0.2, -0.15) is 0 Å². The molecule has 2 aromatic rings. The molecule has 0 amide bonds. The maximum absolute atomic E-state index is 5.40.